The number of pyridine rings is 1. The molecule has 0 saturated heterocycles. The molecule has 2 heterocycles. The van der Waals surface area contributed by atoms with Crippen LogP contribution in [0.3, 0.4) is 0 Å². The van der Waals surface area contributed by atoms with E-state index in [1.807, 2.05) is 5.32 Å². The molecule has 1 aliphatic rings. The molecule has 0 aliphatic carbocycles. The summed E-state index contributed by atoms with van der Waals surface area (Å²) in [4.78, 5) is 35.9. The quantitative estimate of drug-likeness (QED) is 0.802. The number of nitrogen functional groups attached to an aromatic ring is 1. The van der Waals surface area contributed by atoms with Crippen molar-refractivity contribution in [3.63, 3.8) is 0 Å². The molecule has 1 aromatic carbocycles. The summed E-state index contributed by atoms with van der Waals surface area (Å²) in [5.41, 5.74) is 5.67. The lowest BCUT2D eigenvalue weighted by molar-refractivity contribution is -0.153. The maximum absolute atomic E-state index is 12.4. The molecule has 2 amide bonds. The van der Waals surface area contributed by atoms with Gasteiger partial charge in [0.15, 0.2) is 6.61 Å². The number of benzene rings is 1. The van der Waals surface area contributed by atoms with Gasteiger partial charge in [0.2, 0.25) is 0 Å². The van der Waals surface area contributed by atoms with E-state index in [4.69, 9.17) is 5.73 Å². The molecule has 26 heavy (non-hydrogen) atoms. The number of carbonyl (C=O) groups excluding carboxylic acids is 2. The fourth-order valence-electron chi connectivity index (χ4n) is 2.66. The van der Waals surface area contributed by atoms with E-state index in [1.54, 1.807) is 6.92 Å². The Hall–Kier alpha value is -3.30. The maximum atomic E-state index is 12.4. The van der Waals surface area contributed by atoms with Crippen molar-refractivity contribution < 1.29 is 27.5 Å². The minimum atomic E-state index is -4.48. The van der Waals surface area contributed by atoms with Gasteiger partial charge in [-0.1, -0.05) is 0 Å². The lowest BCUT2D eigenvalue weighted by Gasteiger charge is -2.15. The molecule has 0 saturated carbocycles. The van der Waals surface area contributed by atoms with Crippen molar-refractivity contribution in [2.24, 2.45) is 0 Å². The van der Waals surface area contributed by atoms with Crippen LogP contribution in [-0.4, -0.2) is 29.2 Å². The van der Waals surface area contributed by atoms with E-state index < -0.39 is 30.2 Å². The van der Waals surface area contributed by atoms with Crippen molar-refractivity contribution in [2.45, 2.75) is 13.1 Å². The number of halogens is 3. The number of ether oxygens (including phenoxy) is 1. The summed E-state index contributed by atoms with van der Waals surface area (Å²) in [5, 5.41) is 2.05. The van der Waals surface area contributed by atoms with Crippen molar-refractivity contribution in [2.75, 3.05) is 12.3 Å². The Morgan fingerprint density at radius 3 is 2.46 bits per heavy atom. The molecule has 10 heteroatoms. The molecule has 0 atom stereocenters. The van der Waals surface area contributed by atoms with Crippen LogP contribution >= 0.6 is 0 Å². The normalized spacial score (nSPS) is 13.5. The fraction of sp³-hybridized carbons (Fsp3) is 0.188. The van der Waals surface area contributed by atoms with Gasteiger partial charge in [-0.05, 0) is 30.7 Å². The number of hydrogen-bond acceptors (Lipinski definition) is 5. The minimum Gasteiger partial charge on any atom is -0.484 e. The van der Waals surface area contributed by atoms with E-state index >= 15 is 0 Å². The van der Waals surface area contributed by atoms with Gasteiger partial charge in [-0.15, -0.1) is 0 Å². The third-order valence-corrected chi connectivity index (χ3v) is 3.76. The Morgan fingerprint density at radius 1 is 1.15 bits per heavy atom. The molecule has 0 unspecified atom stereocenters. The van der Waals surface area contributed by atoms with E-state index in [0.29, 0.717) is 5.56 Å². The van der Waals surface area contributed by atoms with Crippen LogP contribution in [0.2, 0.25) is 0 Å². The number of nitrogens with one attached hydrogen (secondary N) is 1. The van der Waals surface area contributed by atoms with Gasteiger partial charge in [-0.3, -0.25) is 24.3 Å². The van der Waals surface area contributed by atoms with Crippen LogP contribution < -0.4 is 21.3 Å². The summed E-state index contributed by atoms with van der Waals surface area (Å²) in [6, 6.07) is 4.89. The molecule has 0 bridgehead atoms. The highest BCUT2D eigenvalue weighted by Crippen LogP contribution is 2.27. The number of rotatable bonds is 3. The van der Waals surface area contributed by atoms with Gasteiger partial charge in [0.25, 0.3) is 17.4 Å². The highest BCUT2D eigenvalue weighted by Gasteiger charge is 2.32. The Balaban J connectivity index is 2.06. The van der Waals surface area contributed by atoms with Gasteiger partial charge in [-0.2, -0.15) is 13.2 Å². The van der Waals surface area contributed by atoms with Crippen molar-refractivity contribution in [1.82, 2.24) is 9.88 Å². The second-order valence-corrected chi connectivity index (χ2v) is 5.63. The van der Waals surface area contributed by atoms with Crippen LogP contribution in [0.1, 0.15) is 26.3 Å². The van der Waals surface area contributed by atoms with Crippen LogP contribution in [0, 0.1) is 6.92 Å². The smallest absolute Gasteiger partial charge is 0.422 e. The average Bonchev–Trinajstić information content (AvgIpc) is 2.80. The van der Waals surface area contributed by atoms with Crippen molar-refractivity contribution in [1.29, 1.82) is 0 Å². The Bertz CT molecular complexity index is 995. The zero-order valence-corrected chi connectivity index (χ0v) is 13.3. The number of imide groups is 1. The van der Waals surface area contributed by atoms with Gasteiger partial charge in [0.05, 0.1) is 16.8 Å². The first-order chi connectivity index (χ1) is 12.1. The van der Waals surface area contributed by atoms with E-state index in [1.165, 1.54) is 18.2 Å². The summed E-state index contributed by atoms with van der Waals surface area (Å²) >= 11 is 0. The SMILES string of the molecule is Cc1cc(OCC(F)(F)F)ccc1-n1c(N)c2c(cc1=O)C(=O)NC2=O. The predicted molar refractivity (Wildman–Crippen MR) is 84.5 cm³/mol. The lowest BCUT2D eigenvalue weighted by atomic mass is 10.1. The summed E-state index contributed by atoms with van der Waals surface area (Å²) in [6.07, 6.45) is -4.48. The highest BCUT2D eigenvalue weighted by atomic mass is 19.4. The first-order valence-electron chi connectivity index (χ1n) is 7.30. The number of nitrogens with two attached hydrogens (primary N) is 1. The highest BCUT2D eigenvalue weighted by molar-refractivity contribution is 6.23. The topological polar surface area (TPSA) is 103 Å². The number of carbonyl (C=O) groups is 2. The van der Waals surface area contributed by atoms with Crippen LogP contribution in [0.4, 0.5) is 19.0 Å². The molecule has 3 rings (SSSR count). The number of amides is 2. The largest absolute Gasteiger partial charge is 0.484 e. The van der Waals surface area contributed by atoms with E-state index in [-0.39, 0.29) is 28.4 Å². The molecular formula is C16H12F3N3O4. The summed E-state index contributed by atoms with van der Waals surface area (Å²) in [6.45, 7) is 0.0924. The summed E-state index contributed by atoms with van der Waals surface area (Å²) in [5.74, 6) is -1.71. The monoisotopic (exact) mass is 367 g/mol. The molecule has 2 aromatic rings. The predicted octanol–water partition coefficient (Wildman–Crippen LogP) is 1.55. The number of hydrogen-bond donors (Lipinski definition) is 2. The maximum Gasteiger partial charge on any atom is 0.422 e. The number of aryl methyl sites for hydroxylation is 1. The first-order valence-corrected chi connectivity index (χ1v) is 7.30. The molecule has 136 valence electrons. The molecule has 0 fully saturated rings. The van der Waals surface area contributed by atoms with Crippen molar-refractivity contribution >= 4 is 17.6 Å². The minimum absolute atomic E-state index is 0.0377. The second-order valence-electron chi connectivity index (χ2n) is 5.63. The zero-order chi connectivity index (χ0) is 19.2. The van der Waals surface area contributed by atoms with Crippen LogP contribution in [0.25, 0.3) is 5.69 Å². The molecule has 0 spiro atoms. The number of nitrogens with zero attached hydrogens (tertiary/aromatic N) is 1. The van der Waals surface area contributed by atoms with Crippen LogP contribution in [-0.2, 0) is 0 Å². The number of anilines is 1. The molecule has 1 aromatic heterocycles. The third kappa shape index (κ3) is 3.01. The number of aromatic nitrogens is 1. The van der Waals surface area contributed by atoms with Crippen LogP contribution in [0.15, 0.2) is 29.1 Å². The van der Waals surface area contributed by atoms with Crippen molar-refractivity contribution in [3.8, 4) is 11.4 Å². The van der Waals surface area contributed by atoms with E-state index in [2.05, 4.69) is 4.74 Å². The number of fused-ring (bicyclic) bond motifs is 1. The summed E-state index contributed by atoms with van der Waals surface area (Å²) in [7, 11) is 0. The second kappa shape index (κ2) is 5.90. The molecular weight excluding hydrogens is 355 g/mol. The number of alkyl halides is 3. The molecule has 1 aliphatic heterocycles. The van der Waals surface area contributed by atoms with Gasteiger partial charge >= 0.3 is 6.18 Å². The van der Waals surface area contributed by atoms with Gasteiger partial charge in [0, 0.05) is 6.07 Å². The average molecular weight is 367 g/mol. The Morgan fingerprint density at radius 2 is 1.85 bits per heavy atom. The Kier molecular flexibility index (Phi) is 3.98. The summed E-state index contributed by atoms with van der Waals surface area (Å²) < 4.78 is 42.4. The van der Waals surface area contributed by atoms with Crippen molar-refractivity contribution in [3.05, 3.63) is 51.3 Å². The zero-order valence-electron chi connectivity index (χ0n) is 13.3. The fourth-order valence-corrected chi connectivity index (χ4v) is 2.66. The standard InChI is InChI=1S/C16H12F3N3O4/c1-7-4-8(26-6-16(17,18)19)2-3-10(7)22-11(23)5-9-12(13(22)20)15(25)21-14(9)24/h2-5H,6,20H2,1H3,(H,21,24,25). The molecule has 3 N–H and O–H groups in total. The lowest BCUT2D eigenvalue weighted by Crippen LogP contribution is -2.24. The van der Waals surface area contributed by atoms with Gasteiger partial charge in [0.1, 0.15) is 11.6 Å². The van der Waals surface area contributed by atoms with E-state index in [9.17, 15) is 27.6 Å². The Labute approximate surface area is 144 Å². The molecule has 7 nitrogen and oxygen atoms in total. The first kappa shape index (κ1) is 17.5. The van der Waals surface area contributed by atoms with E-state index in [0.717, 1.165) is 10.6 Å². The molecule has 0 radical (unpaired) electrons. The van der Waals surface area contributed by atoms with Gasteiger partial charge < -0.3 is 10.5 Å². The van der Waals surface area contributed by atoms with Crippen LogP contribution in [0.5, 0.6) is 5.75 Å². The third-order valence-electron chi connectivity index (χ3n) is 3.76. The van der Waals surface area contributed by atoms with Gasteiger partial charge in [-0.25, -0.2) is 0 Å².